The van der Waals surface area contributed by atoms with Crippen molar-refractivity contribution in [1.82, 2.24) is 9.97 Å². The second-order valence-corrected chi connectivity index (χ2v) is 6.69. The Bertz CT molecular complexity index is 457. The number of rotatable bonds is 6. The van der Waals surface area contributed by atoms with Gasteiger partial charge in [-0.3, -0.25) is 0 Å². The lowest BCUT2D eigenvalue weighted by molar-refractivity contribution is 0.128. The fraction of sp³-hybridized carbons (Fsp3) is 0.733. The van der Waals surface area contributed by atoms with Crippen LogP contribution in [0.3, 0.4) is 0 Å². The van der Waals surface area contributed by atoms with Gasteiger partial charge in [0.25, 0.3) is 0 Å². The van der Waals surface area contributed by atoms with E-state index < -0.39 is 0 Å². The molecule has 2 unspecified atom stereocenters. The highest BCUT2D eigenvalue weighted by Gasteiger charge is 2.26. The van der Waals surface area contributed by atoms with Gasteiger partial charge in [0.2, 0.25) is 0 Å². The molecule has 0 aromatic carbocycles. The summed E-state index contributed by atoms with van der Waals surface area (Å²) in [6, 6.07) is 2.53. The van der Waals surface area contributed by atoms with E-state index in [2.05, 4.69) is 42.0 Å². The highest BCUT2D eigenvalue weighted by molar-refractivity contribution is 8.00. The van der Waals surface area contributed by atoms with Gasteiger partial charge < -0.3 is 15.0 Å². The van der Waals surface area contributed by atoms with Gasteiger partial charge in [0.1, 0.15) is 18.2 Å². The van der Waals surface area contributed by atoms with Crippen LogP contribution in [-0.4, -0.2) is 46.7 Å². The van der Waals surface area contributed by atoms with E-state index in [1.54, 1.807) is 0 Å². The van der Waals surface area contributed by atoms with Gasteiger partial charge in [-0.1, -0.05) is 6.92 Å². The Hall–Kier alpha value is -1.01. The molecule has 21 heavy (non-hydrogen) atoms. The third kappa shape index (κ3) is 4.23. The minimum atomic E-state index is 0.468. The lowest BCUT2D eigenvalue weighted by Crippen LogP contribution is -2.45. The number of nitrogens with one attached hydrogen (secondary N) is 1. The van der Waals surface area contributed by atoms with Crippen LogP contribution in [-0.2, 0) is 11.3 Å². The first-order valence-corrected chi connectivity index (χ1v) is 8.78. The van der Waals surface area contributed by atoms with Crippen LogP contribution >= 0.6 is 11.8 Å². The van der Waals surface area contributed by atoms with Crippen molar-refractivity contribution in [3.8, 4) is 0 Å². The normalized spacial score (nSPS) is 22.4. The number of anilines is 2. The summed E-state index contributed by atoms with van der Waals surface area (Å²) in [5, 5.41) is 3.91. The summed E-state index contributed by atoms with van der Waals surface area (Å²) < 4.78 is 5.47. The summed E-state index contributed by atoms with van der Waals surface area (Å²) in [5.41, 5.74) is 0. The van der Waals surface area contributed by atoms with Crippen LogP contribution in [0.4, 0.5) is 11.6 Å². The summed E-state index contributed by atoms with van der Waals surface area (Å²) >= 11 is 2.03. The van der Waals surface area contributed by atoms with E-state index in [1.165, 1.54) is 0 Å². The molecule has 1 aromatic heterocycles. The van der Waals surface area contributed by atoms with Gasteiger partial charge >= 0.3 is 0 Å². The Morgan fingerprint density at radius 2 is 2.19 bits per heavy atom. The monoisotopic (exact) mass is 310 g/mol. The van der Waals surface area contributed by atoms with Gasteiger partial charge in [0.05, 0.1) is 0 Å². The van der Waals surface area contributed by atoms with Crippen LogP contribution in [0.2, 0.25) is 0 Å². The van der Waals surface area contributed by atoms with E-state index in [9.17, 15) is 0 Å². The number of hydrogen-bond donors (Lipinski definition) is 1. The second-order valence-electron chi connectivity index (χ2n) is 5.20. The third-order valence-electron chi connectivity index (χ3n) is 3.73. The fourth-order valence-corrected chi connectivity index (χ4v) is 3.52. The lowest BCUT2D eigenvalue weighted by Gasteiger charge is -2.38. The van der Waals surface area contributed by atoms with Crippen LogP contribution in [0.15, 0.2) is 6.07 Å². The van der Waals surface area contributed by atoms with E-state index >= 15 is 0 Å². The standard InChI is InChI=1S/C15H26N4OS/c1-5-16-13-9-15(18-14(17-13)10-20-6-2)19-7-8-21-12(4)11(19)3/h9,11-12H,5-8,10H2,1-4H3,(H,16,17,18). The number of nitrogens with zero attached hydrogens (tertiary/aromatic N) is 3. The molecule has 1 saturated heterocycles. The Kier molecular flexibility index (Phi) is 6.11. The van der Waals surface area contributed by atoms with Crippen LogP contribution in [0.5, 0.6) is 0 Å². The molecule has 2 rings (SSSR count). The summed E-state index contributed by atoms with van der Waals surface area (Å²) in [6.45, 7) is 11.7. The zero-order valence-corrected chi connectivity index (χ0v) is 14.2. The van der Waals surface area contributed by atoms with E-state index in [4.69, 9.17) is 9.72 Å². The van der Waals surface area contributed by atoms with Crippen molar-refractivity contribution < 1.29 is 4.74 Å². The lowest BCUT2D eigenvalue weighted by atomic mass is 10.2. The molecule has 5 nitrogen and oxygen atoms in total. The van der Waals surface area contributed by atoms with E-state index in [1.807, 2.05) is 18.7 Å². The molecule has 1 aliphatic heterocycles. The first-order chi connectivity index (χ1) is 10.2. The van der Waals surface area contributed by atoms with Crippen molar-refractivity contribution in [3.05, 3.63) is 11.9 Å². The maximum absolute atomic E-state index is 5.47. The predicted octanol–water partition coefficient (Wildman–Crippen LogP) is 2.78. The first kappa shape index (κ1) is 16.4. The van der Waals surface area contributed by atoms with Gasteiger partial charge in [-0.2, -0.15) is 11.8 Å². The molecule has 6 heteroatoms. The molecule has 1 aromatic rings. The Labute approximate surface area is 131 Å². The zero-order chi connectivity index (χ0) is 15.2. The molecule has 0 bridgehead atoms. The van der Waals surface area contributed by atoms with Crippen molar-refractivity contribution in [2.24, 2.45) is 0 Å². The minimum absolute atomic E-state index is 0.468. The Balaban J connectivity index is 2.25. The second kappa shape index (κ2) is 7.84. The minimum Gasteiger partial charge on any atom is -0.374 e. The molecule has 0 spiro atoms. The molecule has 0 aliphatic carbocycles. The van der Waals surface area contributed by atoms with Crippen molar-refractivity contribution in [3.63, 3.8) is 0 Å². The van der Waals surface area contributed by atoms with E-state index in [0.717, 1.165) is 36.3 Å². The summed E-state index contributed by atoms with van der Waals surface area (Å²) in [6.07, 6.45) is 0. The topological polar surface area (TPSA) is 50.3 Å². The van der Waals surface area contributed by atoms with Crippen molar-refractivity contribution >= 4 is 23.4 Å². The summed E-state index contributed by atoms with van der Waals surface area (Å²) in [4.78, 5) is 11.6. The highest BCUT2D eigenvalue weighted by Crippen LogP contribution is 2.29. The maximum atomic E-state index is 5.47. The third-order valence-corrected chi connectivity index (χ3v) is 5.07. The highest BCUT2D eigenvalue weighted by atomic mass is 32.2. The number of aromatic nitrogens is 2. The maximum Gasteiger partial charge on any atom is 0.158 e. The average molecular weight is 310 g/mol. The predicted molar refractivity (Wildman–Crippen MR) is 90.3 cm³/mol. The number of hydrogen-bond acceptors (Lipinski definition) is 6. The molecule has 2 heterocycles. The smallest absolute Gasteiger partial charge is 0.158 e. The van der Waals surface area contributed by atoms with Crippen LogP contribution < -0.4 is 10.2 Å². The average Bonchev–Trinajstić information content (AvgIpc) is 2.48. The number of ether oxygens (including phenoxy) is 1. The Morgan fingerprint density at radius 1 is 1.38 bits per heavy atom. The molecular weight excluding hydrogens is 284 g/mol. The molecule has 118 valence electrons. The van der Waals surface area contributed by atoms with Gasteiger partial charge in [-0.05, 0) is 20.8 Å². The van der Waals surface area contributed by atoms with Crippen molar-refractivity contribution in [2.45, 2.75) is 45.6 Å². The summed E-state index contributed by atoms with van der Waals surface area (Å²) in [7, 11) is 0. The Morgan fingerprint density at radius 3 is 2.90 bits per heavy atom. The molecular formula is C15H26N4OS. The van der Waals surface area contributed by atoms with Gasteiger partial charge in [-0.15, -0.1) is 0 Å². The van der Waals surface area contributed by atoms with Crippen LogP contribution in [0.25, 0.3) is 0 Å². The SMILES string of the molecule is CCNc1cc(N2CCSC(C)C2C)nc(COCC)n1. The summed E-state index contributed by atoms with van der Waals surface area (Å²) in [5.74, 6) is 3.79. The molecule has 1 N–H and O–H groups in total. The van der Waals surface area contributed by atoms with Crippen LogP contribution in [0, 0.1) is 0 Å². The van der Waals surface area contributed by atoms with E-state index in [-0.39, 0.29) is 0 Å². The number of thioether (sulfide) groups is 1. The molecule has 0 amide bonds. The van der Waals surface area contributed by atoms with Crippen molar-refractivity contribution in [1.29, 1.82) is 0 Å². The molecule has 1 fully saturated rings. The van der Waals surface area contributed by atoms with Crippen LogP contribution in [0.1, 0.15) is 33.5 Å². The zero-order valence-electron chi connectivity index (χ0n) is 13.4. The molecule has 0 saturated carbocycles. The molecule has 2 atom stereocenters. The molecule has 1 aliphatic rings. The quantitative estimate of drug-likeness (QED) is 0.872. The first-order valence-electron chi connectivity index (χ1n) is 7.73. The van der Waals surface area contributed by atoms with Crippen molar-refractivity contribution in [2.75, 3.05) is 35.7 Å². The van der Waals surface area contributed by atoms with E-state index in [0.29, 0.717) is 24.5 Å². The largest absolute Gasteiger partial charge is 0.374 e. The fourth-order valence-electron chi connectivity index (χ4n) is 2.42. The van der Waals surface area contributed by atoms with Gasteiger partial charge in [0, 0.05) is 42.8 Å². The molecule has 0 radical (unpaired) electrons. The van der Waals surface area contributed by atoms with Gasteiger partial charge in [0.15, 0.2) is 5.82 Å². The van der Waals surface area contributed by atoms with Gasteiger partial charge in [-0.25, -0.2) is 9.97 Å².